The minimum absolute atomic E-state index is 0.716. The molecule has 0 amide bonds. The van der Waals surface area contributed by atoms with Crippen molar-refractivity contribution in [1.82, 2.24) is 14.9 Å². The smallest absolute Gasteiger partial charge is 0.134 e. The van der Waals surface area contributed by atoms with Gasteiger partial charge in [0.25, 0.3) is 0 Å². The first-order valence-corrected chi connectivity index (χ1v) is 7.91. The highest BCUT2D eigenvalue weighted by molar-refractivity contribution is 5.49. The molecule has 20 heavy (non-hydrogen) atoms. The SMILES string of the molecule is CCNc1cc(N2CCC(N3CCCCC3)C2)ncn1. The van der Waals surface area contributed by atoms with E-state index in [1.807, 2.05) is 0 Å². The van der Waals surface area contributed by atoms with Gasteiger partial charge in [0, 0.05) is 31.7 Å². The van der Waals surface area contributed by atoms with Crippen LogP contribution in [-0.4, -0.2) is 53.6 Å². The van der Waals surface area contributed by atoms with E-state index in [-0.39, 0.29) is 0 Å². The number of likely N-dealkylation sites (tertiary alicyclic amines) is 1. The average molecular weight is 275 g/mol. The summed E-state index contributed by atoms with van der Waals surface area (Å²) in [6.07, 6.45) is 7.08. The fourth-order valence-electron chi connectivity index (χ4n) is 3.33. The summed E-state index contributed by atoms with van der Waals surface area (Å²) in [7, 11) is 0. The largest absolute Gasteiger partial charge is 0.370 e. The normalized spacial score (nSPS) is 24.1. The molecule has 0 radical (unpaired) electrons. The van der Waals surface area contributed by atoms with Crippen LogP contribution in [0, 0.1) is 0 Å². The van der Waals surface area contributed by atoms with Gasteiger partial charge in [-0.15, -0.1) is 0 Å². The fourth-order valence-corrected chi connectivity index (χ4v) is 3.33. The summed E-state index contributed by atoms with van der Waals surface area (Å²) in [6, 6.07) is 2.79. The van der Waals surface area contributed by atoms with Crippen molar-refractivity contribution < 1.29 is 0 Å². The lowest BCUT2D eigenvalue weighted by Crippen LogP contribution is -2.40. The molecule has 5 nitrogen and oxygen atoms in total. The van der Waals surface area contributed by atoms with E-state index in [4.69, 9.17) is 0 Å². The van der Waals surface area contributed by atoms with Crippen LogP contribution in [0.2, 0.25) is 0 Å². The molecular formula is C15H25N5. The molecule has 2 aliphatic heterocycles. The lowest BCUT2D eigenvalue weighted by atomic mass is 10.1. The maximum Gasteiger partial charge on any atom is 0.134 e. The third-order valence-corrected chi connectivity index (χ3v) is 4.40. The summed E-state index contributed by atoms with van der Waals surface area (Å²) < 4.78 is 0. The van der Waals surface area contributed by atoms with E-state index in [0.717, 1.165) is 31.3 Å². The second-order valence-electron chi connectivity index (χ2n) is 5.78. The van der Waals surface area contributed by atoms with E-state index >= 15 is 0 Å². The zero-order valence-electron chi connectivity index (χ0n) is 12.4. The first kappa shape index (κ1) is 13.6. The zero-order chi connectivity index (χ0) is 13.8. The van der Waals surface area contributed by atoms with Gasteiger partial charge >= 0.3 is 0 Å². The molecule has 1 aromatic rings. The van der Waals surface area contributed by atoms with Crippen LogP contribution < -0.4 is 10.2 Å². The van der Waals surface area contributed by atoms with E-state index < -0.39 is 0 Å². The number of anilines is 2. The maximum atomic E-state index is 4.44. The van der Waals surface area contributed by atoms with Gasteiger partial charge in [0.2, 0.25) is 0 Å². The molecule has 0 saturated carbocycles. The number of nitrogens with zero attached hydrogens (tertiary/aromatic N) is 4. The van der Waals surface area contributed by atoms with Crippen molar-refractivity contribution >= 4 is 11.6 Å². The van der Waals surface area contributed by atoms with Crippen molar-refractivity contribution in [2.45, 2.75) is 38.6 Å². The number of hydrogen-bond donors (Lipinski definition) is 1. The van der Waals surface area contributed by atoms with Crippen LogP contribution in [0.25, 0.3) is 0 Å². The number of piperidine rings is 1. The summed E-state index contributed by atoms with van der Waals surface area (Å²) in [5.74, 6) is 1.99. The van der Waals surface area contributed by atoms with Crippen LogP contribution >= 0.6 is 0 Å². The van der Waals surface area contributed by atoms with Gasteiger partial charge in [-0.2, -0.15) is 0 Å². The molecule has 3 rings (SSSR count). The van der Waals surface area contributed by atoms with E-state index in [1.165, 1.54) is 38.8 Å². The Kier molecular flexibility index (Phi) is 4.35. The molecule has 5 heteroatoms. The Labute approximate surface area is 121 Å². The number of rotatable bonds is 4. The van der Waals surface area contributed by atoms with Gasteiger partial charge in [0.15, 0.2) is 0 Å². The molecule has 0 aromatic carbocycles. The summed E-state index contributed by atoms with van der Waals surface area (Å²) in [5.41, 5.74) is 0. The molecule has 0 spiro atoms. The van der Waals surface area contributed by atoms with Crippen LogP contribution in [-0.2, 0) is 0 Å². The van der Waals surface area contributed by atoms with Gasteiger partial charge < -0.3 is 10.2 Å². The van der Waals surface area contributed by atoms with Crippen LogP contribution in [0.1, 0.15) is 32.6 Å². The van der Waals surface area contributed by atoms with E-state index in [9.17, 15) is 0 Å². The lowest BCUT2D eigenvalue weighted by molar-refractivity contribution is 0.175. The molecular weight excluding hydrogens is 250 g/mol. The molecule has 2 fully saturated rings. The van der Waals surface area contributed by atoms with Gasteiger partial charge in [-0.05, 0) is 39.3 Å². The Morgan fingerprint density at radius 3 is 2.85 bits per heavy atom. The van der Waals surface area contributed by atoms with Crippen molar-refractivity contribution in [2.75, 3.05) is 42.9 Å². The molecule has 3 heterocycles. The fraction of sp³-hybridized carbons (Fsp3) is 0.733. The van der Waals surface area contributed by atoms with Gasteiger partial charge in [-0.1, -0.05) is 6.42 Å². The summed E-state index contributed by atoms with van der Waals surface area (Å²) in [5, 5.41) is 3.26. The molecule has 1 atom stereocenters. The second kappa shape index (κ2) is 6.39. The average Bonchev–Trinajstić information content (AvgIpc) is 2.99. The minimum atomic E-state index is 0.716. The summed E-state index contributed by atoms with van der Waals surface area (Å²) >= 11 is 0. The Bertz CT molecular complexity index is 430. The predicted octanol–water partition coefficient (Wildman–Crippen LogP) is 1.97. The second-order valence-corrected chi connectivity index (χ2v) is 5.78. The van der Waals surface area contributed by atoms with Crippen molar-refractivity contribution in [3.63, 3.8) is 0 Å². The number of aromatic nitrogens is 2. The molecule has 2 saturated heterocycles. The van der Waals surface area contributed by atoms with Gasteiger partial charge in [-0.25, -0.2) is 9.97 Å². The molecule has 1 N–H and O–H groups in total. The summed E-state index contributed by atoms with van der Waals surface area (Å²) in [6.45, 7) is 7.78. The number of hydrogen-bond acceptors (Lipinski definition) is 5. The van der Waals surface area contributed by atoms with Crippen molar-refractivity contribution in [2.24, 2.45) is 0 Å². The van der Waals surface area contributed by atoms with Crippen LogP contribution in [0.5, 0.6) is 0 Å². The van der Waals surface area contributed by atoms with E-state index in [1.54, 1.807) is 6.33 Å². The molecule has 0 bridgehead atoms. The highest BCUT2D eigenvalue weighted by Crippen LogP contribution is 2.24. The first-order chi connectivity index (χ1) is 9.86. The van der Waals surface area contributed by atoms with Gasteiger partial charge in [0.1, 0.15) is 18.0 Å². The monoisotopic (exact) mass is 275 g/mol. The minimum Gasteiger partial charge on any atom is -0.370 e. The van der Waals surface area contributed by atoms with Crippen molar-refractivity contribution in [3.8, 4) is 0 Å². The highest BCUT2D eigenvalue weighted by atomic mass is 15.3. The zero-order valence-corrected chi connectivity index (χ0v) is 12.4. The Morgan fingerprint density at radius 1 is 1.20 bits per heavy atom. The molecule has 1 aromatic heterocycles. The quantitative estimate of drug-likeness (QED) is 0.910. The molecule has 0 aliphatic carbocycles. The van der Waals surface area contributed by atoms with E-state index in [0.29, 0.717) is 6.04 Å². The topological polar surface area (TPSA) is 44.3 Å². The highest BCUT2D eigenvalue weighted by Gasteiger charge is 2.29. The molecule has 110 valence electrons. The van der Waals surface area contributed by atoms with Gasteiger partial charge in [0.05, 0.1) is 0 Å². The standard InChI is InChI=1S/C15H25N5/c1-2-16-14-10-15(18-12-17-14)20-9-6-13(11-20)19-7-4-3-5-8-19/h10,12-13H,2-9,11H2,1H3,(H,16,17,18). The van der Waals surface area contributed by atoms with Gasteiger partial charge in [-0.3, -0.25) is 4.90 Å². The van der Waals surface area contributed by atoms with Crippen molar-refractivity contribution in [3.05, 3.63) is 12.4 Å². The lowest BCUT2D eigenvalue weighted by Gasteiger charge is -2.32. The van der Waals surface area contributed by atoms with E-state index in [2.05, 4.69) is 38.1 Å². The maximum absolute atomic E-state index is 4.44. The van der Waals surface area contributed by atoms with Crippen LogP contribution in [0.3, 0.4) is 0 Å². The predicted molar refractivity (Wildman–Crippen MR) is 82.2 cm³/mol. The number of nitrogens with one attached hydrogen (secondary N) is 1. The third-order valence-electron chi connectivity index (χ3n) is 4.40. The third kappa shape index (κ3) is 3.03. The Balaban J connectivity index is 1.62. The molecule has 1 unspecified atom stereocenters. The van der Waals surface area contributed by atoms with Crippen molar-refractivity contribution in [1.29, 1.82) is 0 Å². The Hall–Kier alpha value is -1.36. The van der Waals surface area contributed by atoms with Crippen LogP contribution in [0.15, 0.2) is 12.4 Å². The summed E-state index contributed by atoms with van der Waals surface area (Å²) in [4.78, 5) is 13.8. The van der Waals surface area contributed by atoms with Crippen LogP contribution in [0.4, 0.5) is 11.6 Å². The molecule has 2 aliphatic rings. The Morgan fingerprint density at radius 2 is 2.05 bits per heavy atom. The first-order valence-electron chi connectivity index (χ1n) is 7.91.